The van der Waals surface area contributed by atoms with Crippen LogP contribution in [-0.4, -0.2) is 46.9 Å². The van der Waals surface area contributed by atoms with Gasteiger partial charge in [-0.1, -0.05) is 204 Å². The molecule has 0 aromatic heterocycles. The SMILES string of the molecule is CC/C=C/C=C/C=C/CCCCCCCCCC(=O)OC(CCCCCC/C=C/C=C/CCCCC)CC(=O)NC(CO)C(O)CCCCCCCCCCCC. The largest absolute Gasteiger partial charge is 0.462 e. The van der Waals surface area contributed by atoms with Crippen molar-refractivity contribution in [2.24, 2.45) is 0 Å². The van der Waals surface area contributed by atoms with Crippen molar-refractivity contribution in [1.29, 1.82) is 0 Å². The van der Waals surface area contributed by atoms with Gasteiger partial charge >= 0.3 is 5.97 Å². The Morgan fingerprint density at radius 2 is 0.947 bits per heavy atom. The predicted molar refractivity (Wildman–Crippen MR) is 245 cm³/mol. The lowest BCUT2D eigenvalue weighted by atomic mass is 10.0. The zero-order valence-electron chi connectivity index (χ0n) is 37.5. The van der Waals surface area contributed by atoms with E-state index in [1.165, 1.54) is 89.9 Å². The second kappa shape index (κ2) is 44.7. The normalized spacial score (nSPS) is 13.8. The first-order valence-corrected chi connectivity index (χ1v) is 24.1. The number of rotatable bonds is 42. The van der Waals surface area contributed by atoms with Crippen LogP contribution in [0.1, 0.15) is 226 Å². The summed E-state index contributed by atoms with van der Waals surface area (Å²) in [7, 11) is 0. The van der Waals surface area contributed by atoms with Crippen LogP contribution in [0.4, 0.5) is 0 Å². The molecule has 0 saturated heterocycles. The lowest BCUT2D eigenvalue weighted by Gasteiger charge is -2.24. The molecule has 3 unspecified atom stereocenters. The minimum atomic E-state index is -0.795. The zero-order chi connectivity index (χ0) is 41.7. The Bertz CT molecular complexity index is 1030. The van der Waals surface area contributed by atoms with Crippen molar-refractivity contribution < 1.29 is 24.5 Å². The van der Waals surface area contributed by atoms with Crippen LogP contribution >= 0.6 is 0 Å². The van der Waals surface area contributed by atoms with Crippen molar-refractivity contribution in [3.05, 3.63) is 60.8 Å². The minimum Gasteiger partial charge on any atom is -0.462 e. The number of hydrogen-bond donors (Lipinski definition) is 3. The molecule has 1 amide bonds. The maximum absolute atomic E-state index is 13.1. The molecule has 0 aliphatic carbocycles. The van der Waals surface area contributed by atoms with E-state index in [4.69, 9.17) is 4.74 Å². The van der Waals surface area contributed by atoms with E-state index in [9.17, 15) is 19.8 Å². The fraction of sp³-hybridized carbons (Fsp3) is 0.765. The molecule has 0 aromatic rings. The average molecular weight is 798 g/mol. The number of aliphatic hydroxyl groups is 2. The summed E-state index contributed by atoms with van der Waals surface area (Å²) in [5.41, 5.74) is 0. The van der Waals surface area contributed by atoms with Crippen molar-refractivity contribution in [1.82, 2.24) is 5.32 Å². The maximum atomic E-state index is 13.1. The van der Waals surface area contributed by atoms with E-state index in [-0.39, 0.29) is 24.9 Å². The second-order valence-electron chi connectivity index (χ2n) is 16.2. The summed E-state index contributed by atoms with van der Waals surface area (Å²) in [6.07, 6.45) is 54.2. The fourth-order valence-electron chi connectivity index (χ4n) is 7.01. The molecule has 0 aliphatic heterocycles. The van der Waals surface area contributed by atoms with Crippen molar-refractivity contribution in [2.45, 2.75) is 244 Å². The summed E-state index contributed by atoms with van der Waals surface area (Å²) in [5, 5.41) is 23.6. The summed E-state index contributed by atoms with van der Waals surface area (Å²) in [4.78, 5) is 26.0. The Balaban J connectivity index is 4.64. The minimum absolute atomic E-state index is 0.0575. The van der Waals surface area contributed by atoms with Gasteiger partial charge in [-0.05, 0) is 70.6 Å². The summed E-state index contributed by atoms with van der Waals surface area (Å²) in [6, 6.07) is -0.710. The Morgan fingerprint density at radius 1 is 0.526 bits per heavy atom. The van der Waals surface area contributed by atoms with Gasteiger partial charge in [0.1, 0.15) is 6.10 Å². The molecule has 3 atom stereocenters. The average Bonchev–Trinajstić information content (AvgIpc) is 3.20. The predicted octanol–water partition coefficient (Wildman–Crippen LogP) is 14.1. The van der Waals surface area contributed by atoms with Gasteiger partial charge in [0.15, 0.2) is 0 Å². The third-order valence-electron chi connectivity index (χ3n) is 10.7. The first kappa shape index (κ1) is 54.6. The van der Waals surface area contributed by atoms with Gasteiger partial charge in [0.05, 0.1) is 25.2 Å². The van der Waals surface area contributed by atoms with Gasteiger partial charge in [0, 0.05) is 6.42 Å². The fourth-order valence-corrected chi connectivity index (χ4v) is 7.01. The van der Waals surface area contributed by atoms with Crippen LogP contribution in [0.15, 0.2) is 60.8 Å². The summed E-state index contributed by atoms with van der Waals surface area (Å²) in [6.45, 7) is 6.29. The van der Waals surface area contributed by atoms with Crippen LogP contribution in [0.2, 0.25) is 0 Å². The van der Waals surface area contributed by atoms with E-state index >= 15 is 0 Å². The highest BCUT2D eigenvalue weighted by atomic mass is 16.5. The van der Waals surface area contributed by atoms with E-state index in [0.29, 0.717) is 19.3 Å². The molecule has 6 heteroatoms. The lowest BCUT2D eigenvalue weighted by molar-refractivity contribution is -0.151. The third-order valence-corrected chi connectivity index (χ3v) is 10.7. The highest BCUT2D eigenvalue weighted by Crippen LogP contribution is 2.17. The first-order chi connectivity index (χ1) is 28.0. The number of esters is 1. The molecule has 0 rings (SSSR count). The molecule has 0 aliphatic rings. The molecule has 6 nitrogen and oxygen atoms in total. The monoisotopic (exact) mass is 798 g/mol. The second-order valence-corrected chi connectivity index (χ2v) is 16.2. The number of allylic oxidation sites excluding steroid dienone is 10. The number of unbranched alkanes of at least 4 members (excludes halogenated alkanes) is 23. The smallest absolute Gasteiger partial charge is 0.306 e. The molecule has 0 aromatic carbocycles. The van der Waals surface area contributed by atoms with Gasteiger partial charge in [0.25, 0.3) is 0 Å². The van der Waals surface area contributed by atoms with Gasteiger partial charge in [0.2, 0.25) is 5.91 Å². The highest BCUT2D eigenvalue weighted by molar-refractivity contribution is 5.77. The number of carbonyl (C=O) groups is 2. The lowest BCUT2D eigenvalue weighted by Crippen LogP contribution is -2.46. The third kappa shape index (κ3) is 40.1. The number of amides is 1. The van der Waals surface area contributed by atoms with Crippen LogP contribution in [0, 0.1) is 0 Å². The van der Waals surface area contributed by atoms with Crippen LogP contribution in [-0.2, 0) is 14.3 Å². The number of aliphatic hydroxyl groups excluding tert-OH is 2. The van der Waals surface area contributed by atoms with Crippen molar-refractivity contribution in [2.75, 3.05) is 6.61 Å². The molecule has 3 N–H and O–H groups in total. The summed E-state index contributed by atoms with van der Waals surface area (Å²) < 4.78 is 5.90. The number of nitrogens with one attached hydrogen (secondary N) is 1. The number of ether oxygens (including phenoxy) is 1. The number of hydrogen-bond acceptors (Lipinski definition) is 5. The zero-order valence-corrected chi connectivity index (χ0v) is 37.5. The van der Waals surface area contributed by atoms with Gasteiger partial charge in [-0.2, -0.15) is 0 Å². The molecule has 0 heterocycles. The topological polar surface area (TPSA) is 95.9 Å². The van der Waals surface area contributed by atoms with Gasteiger partial charge in [-0.3, -0.25) is 9.59 Å². The Morgan fingerprint density at radius 3 is 1.47 bits per heavy atom. The van der Waals surface area contributed by atoms with E-state index < -0.39 is 18.2 Å². The number of carbonyl (C=O) groups excluding carboxylic acids is 2. The molecular formula is C51H91NO5. The van der Waals surface area contributed by atoms with E-state index in [0.717, 1.165) is 89.9 Å². The Kier molecular flexibility index (Phi) is 42.7. The quantitative estimate of drug-likeness (QED) is 0.0325. The molecule has 57 heavy (non-hydrogen) atoms. The van der Waals surface area contributed by atoms with Crippen LogP contribution in [0.3, 0.4) is 0 Å². The molecular weight excluding hydrogens is 707 g/mol. The maximum Gasteiger partial charge on any atom is 0.306 e. The molecule has 330 valence electrons. The van der Waals surface area contributed by atoms with Crippen LogP contribution in [0.5, 0.6) is 0 Å². The first-order valence-electron chi connectivity index (χ1n) is 24.1. The van der Waals surface area contributed by atoms with Gasteiger partial charge in [-0.15, -0.1) is 0 Å². The van der Waals surface area contributed by atoms with E-state index in [1.807, 2.05) is 0 Å². The standard InChI is InChI=1S/C51H91NO5/c1-4-7-10-13-16-19-22-24-25-27-29-32-35-38-41-44-51(56)57-47(42-39-36-33-30-28-26-23-20-17-14-11-8-5-2)45-50(55)52-48(46-53)49(54)43-40-37-34-31-21-18-15-12-9-6-3/h7,10,13,16-17,19-20,22-23,26,47-49,53-54H,4-6,8-9,11-12,14-15,18,21,24-25,27-46H2,1-3H3,(H,52,55)/b10-7+,16-13+,20-17+,22-19+,26-23+. The van der Waals surface area contributed by atoms with E-state index in [2.05, 4.69) is 86.8 Å². The molecule has 0 radical (unpaired) electrons. The van der Waals surface area contributed by atoms with Crippen LogP contribution < -0.4 is 5.32 Å². The Hall–Kier alpha value is -2.44. The van der Waals surface area contributed by atoms with Crippen molar-refractivity contribution in [3.8, 4) is 0 Å². The highest BCUT2D eigenvalue weighted by Gasteiger charge is 2.24. The van der Waals surface area contributed by atoms with Gasteiger partial charge in [-0.25, -0.2) is 0 Å². The van der Waals surface area contributed by atoms with Gasteiger partial charge < -0.3 is 20.3 Å². The van der Waals surface area contributed by atoms with Crippen molar-refractivity contribution in [3.63, 3.8) is 0 Å². The Labute approximate surface area is 352 Å². The van der Waals surface area contributed by atoms with Crippen LogP contribution in [0.25, 0.3) is 0 Å². The molecule has 0 bridgehead atoms. The molecule has 0 saturated carbocycles. The summed E-state index contributed by atoms with van der Waals surface area (Å²) >= 11 is 0. The van der Waals surface area contributed by atoms with Crippen molar-refractivity contribution >= 4 is 11.9 Å². The molecule has 0 fully saturated rings. The molecule has 0 spiro atoms. The van der Waals surface area contributed by atoms with E-state index in [1.54, 1.807) is 0 Å². The summed E-state index contributed by atoms with van der Waals surface area (Å²) in [5.74, 6) is -0.510.